The van der Waals surface area contributed by atoms with E-state index in [9.17, 15) is 13.2 Å². The van der Waals surface area contributed by atoms with Gasteiger partial charge in [0.15, 0.2) is 0 Å². The Morgan fingerprint density at radius 1 is 1.07 bits per heavy atom. The summed E-state index contributed by atoms with van der Waals surface area (Å²) < 4.78 is 27.7. The maximum absolute atomic E-state index is 13.0. The highest BCUT2D eigenvalue weighted by Crippen LogP contribution is 2.25. The lowest BCUT2D eigenvalue weighted by Crippen LogP contribution is -2.34. The molecule has 0 saturated carbocycles. The molecule has 27 heavy (non-hydrogen) atoms. The first kappa shape index (κ1) is 21.5. The van der Waals surface area contributed by atoms with Crippen LogP contribution in [0.4, 0.5) is 5.69 Å². The predicted molar refractivity (Wildman–Crippen MR) is 109 cm³/mol. The summed E-state index contributed by atoms with van der Waals surface area (Å²) in [5.41, 5.74) is 0.472. The van der Waals surface area contributed by atoms with Gasteiger partial charge in [-0.1, -0.05) is 29.8 Å². The molecule has 0 bridgehead atoms. The number of halogens is 2. The lowest BCUT2D eigenvalue weighted by atomic mass is 10.1. The molecule has 2 aromatic carbocycles. The fourth-order valence-corrected chi connectivity index (χ4v) is 4.08. The Bertz CT molecular complexity index is 884. The van der Waals surface area contributed by atoms with Crippen LogP contribution < -0.4 is 10.0 Å². The van der Waals surface area contributed by atoms with Crippen molar-refractivity contribution in [3.05, 3.63) is 59.1 Å². The molecule has 1 fully saturated rings. The van der Waals surface area contributed by atoms with Gasteiger partial charge < -0.3 is 10.2 Å². The van der Waals surface area contributed by atoms with Crippen LogP contribution in [0.5, 0.6) is 0 Å². The van der Waals surface area contributed by atoms with Gasteiger partial charge in [0.05, 0.1) is 16.1 Å². The van der Waals surface area contributed by atoms with Crippen molar-refractivity contribution in [1.29, 1.82) is 0 Å². The number of amides is 1. The van der Waals surface area contributed by atoms with Gasteiger partial charge in [-0.05, 0) is 43.3 Å². The third-order valence-electron chi connectivity index (χ3n) is 4.14. The lowest BCUT2D eigenvalue weighted by molar-refractivity contribution is 0.0767. The molecule has 1 amide bonds. The van der Waals surface area contributed by atoms with E-state index in [4.69, 9.17) is 11.6 Å². The first-order valence-corrected chi connectivity index (χ1v) is 10.2. The van der Waals surface area contributed by atoms with E-state index in [1.165, 1.54) is 24.3 Å². The molecule has 1 heterocycles. The fraction of sp³-hybridized carbons (Fsp3) is 0.278. The molecule has 146 valence electrons. The van der Waals surface area contributed by atoms with E-state index >= 15 is 0 Å². The Hall–Kier alpha value is -1.80. The summed E-state index contributed by atoms with van der Waals surface area (Å²) >= 11 is 6.06. The van der Waals surface area contributed by atoms with Crippen LogP contribution in [0.15, 0.2) is 53.4 Å². The van der Waals surface area contributed by atoms with Crippen molar-refractivity contribution in [1.82, 2.24) is 10.2 Å². The van der Waals surface area contributed by atoms with Gasteiger partial charge in [-0.2, -0.15) is 0 Å². The smallest absolute Gasteiger partial charge is 0.261 e. The number of nitrogens with zero attached hydrogens (tertiary/aromatic N) is 1. The Morgan fingerprint density at radius 2 is 1.81 bits per heavy atom. The van der Waals surface area contributed by atoms with Crippen LogP contribution in [-0.2, 0) is 10.0 Å². The van der Waals surface area contributed by atoms with Gasteiger partial charge in [0.1, 0.15) is 0 Å². The van der Waals surface area contributed by atoms with Crippen molar-refractivity contribution in [2.45, 2.75) is 11.3 Å². The molecule has 0 unspecified atom stereocenters. The van der Waals surface area contributed by atoms with E-state index < -0.39 is 10.0 Å². The molecule has 2 aromatic rings. The quantitative estimate of drug-likeness (QED) is 0.782. The molecular weight excluding hydrogens is 409 g/mol. The van der Waals surface area contributed by atoms with Crippen molar-refractivity contribution in [2.24, 2.45) is 0 Å². The second-order valence-corrected chi connectivity index (χ2v) is 8.12. The number of carbonyl (C=O) groups is 1. The number of nitrogens with one attached hydrogen (secondary N) is 2. The third kappa shape index (κ3) is 5.35. The summed E-state index contributed by atoms with van der Waals surface area (Å²) in [6.45, 7) is 2.74. The van der Waals surface area contributed by atoms with Gasteiger partial charge in [0.25, 0.3) is 15.9 Å². The van der Waals surface area contributed by atoms with Crippen molar-refractivity contribution in [3.8, 4) is 0 Å². The molecule has 6 nitrogen and oxygen atoms in total. The second kappa shape index (κ2) is 9.41. The number of sulfonamides is 1. The zero-order valence-electron chi connectivity index (χ0n) is 14.5. The SMILES string of the molecule is Cl.O=C(c1cc(Cl)ccc1NS(=O)(=O)c1ccccc1)N1CCCNCC1. The van der Waals surface area contributed by atoms with Crippen LogP contribution in [-0.4, -0.2) is 45.4 Å². The highest BCUT2D eigenvalue weighted by molar-refractivity contribution is 7.92. The fourth-order valence-electron chi connectivity index (χ4n) is 2.80. The van der Waals surface area contributed by atoms with Crippen LogP contribution in [0.3, 0.4) is 0 Å². The number of hydrogen-bond donors (Lipinski definition) is 2. The summed E-state index contributed by atoms with van der Waals surface area (Å²) in [6.07, 6.45) is 0.845. The third-order valence-corrected chi connectivity index (χ3v) is 5.75. The topological polar surface area (TPSA) is 78.5 Å². The molecular formula is C18H21Cl2N3O3S. The van der Waals surface area contributed by atoms with Crippen molar-refractivity contribution >= 4 is 45.6 Å². The standard InChI is InChI=1S/C18H20ClN3O3S.ClH/c19-14-7-8-17(21-26(24,25)15-5-2-1-3-6-15)16(13-14)18(23)22-11-4-9-20-10-12-22;/h1-3,5-8,13,20-21H,4,9-12H2;1H. The largest absolute Gasteiger partial charge is 0.337 e. The zero-order chi connectivity index (χ0) is 18.6. The summed E-state index contributed by atoms with van der Waals surface area (Å²) in [5.74, 6) is -0.234. The van der Waals surface area contributed by atoms with E-state index in [2.05, 4.69) is 10.0 Å². The number of anilines is 1. The first-order valence-electron chi connectivity index (χ1n) is 8.35. The number of hydrogen-bond acceptors (Lipinski definition) is 4. The summed E-state index contributed by atoms with van der Waals surface area (Å²) in [6, 6.07) is 12.6. The van der Waals surface area contributed by atoms with Gasteiger partial charge in [-0.15, -0.1) is 12.4 Å². The highest BCUT2D eigenvalue weighted by atomic mass is 35.5. The molecule has 9 heteroatoms. The summed E-state index contributed by atoms with van der Waals surface area (Å²) in [5, 5.41) is 3.62. The van der Waals surface area contributed by atoms with Crippen LogP contribution >= 0.6 is 24.0 Å². The maximum atomic E-state index is 13.0. The van der Waals surface area contributed by atoms with Gasteiger partial charge >= 0.3 is 0 Å². The monoisotopic (exact) mass is 429 g/mol. The summed E-state index contributed by atoms with van der Waals surface area (Å²) in [4.78, 5) is 14.8. The van der Waals surface area contributed by atoms with Crippen LogP contribution in [0.2, 0.25) is 5.02 Å². The van der Waals surface area contributed by atoms with Crippen molar-refractivity contribution in [3.63, 3.8) is 0 Å². The molecule has 0 radical (unpaired) electrons. The first-order chi connectivity index (χ1) is 12.5. The Labute approximate surface area is 170 Å². The van der Waals surface area contributed by atoms with Crippen molar-refractivity contribution in [2.75, 3.05) is 30.9 Å². The molecule has 0 atom stereocenters. The van der Waals surface area contributed by atoms with Gasteiger partial charge in [-0.3, -0.25) is 9.52 Å². The van der Waals surface area contributed by atoms with E-state index in [-0.39, 0.29) is 34.5 Å². The molecule has 0 aliphatic carbocycles. The van der Waals surface area contributed by atoms with E-state index in [1.807, 2.05) is 0 Å². The Kier molecular flexibility index (Phi) is 7.49. The van der Waals surface area contributed by atoms with E-state index in [0.717, 1.165) is 13.0 Å². The Morgan fingerprint density at radius 3 is 2.56 bits per heavy atom. The highest BCUT2D eigenvalue weighted by Gasteiger charge is 2.23. The normalized spacial score (nSPS) is 14.8. The molecule has 0 aromatic heterocycles. The number of benzene rings is 2. The van der Waals surface area contributed by atoms with E-state index in [0.29, 0.717) is 24.7 Å². The van der Waals surface area contributed by atoms with E-state index in [1.54, 1.807) is 29.2 Å². The van der Waals surface area contributed by atoms with Crippen LogP contribution in [0.1, 0.15) is 16.8 Å². The van der Waals surface area contributed by atoms with Gasteiger partial charge in [0.2, 0.25) is 0 Å². The number of rotatable bonds is 4. The zero-order valence-corrected chi connectivity index (χ0v) is 16.9. The van der Waals surface area contributed by atoms with Gasteiger partial charge in [-0.25, -0.2) is 8.42 Å². The molecule has 3 rings (SSSR count). The molecule has 2 N–H and O–H groups in total. The Balaban J connectivity index is 0.00000261. The number of carbonyl (C=O) groups excluding carboxylic acids is 1. The minimum absolute atomic E-state index is 0. The molecule has 1 aliphatic heterocycles. The molecule has 1 saturated heterocycles. The van der Waals surface area contributed by atoms with Crippen LogP contribution in [0, 0.1) is 0 Å². The minimum Gasteiger partial charge on any atom is -0.337 e. The predicted octanol–water partition coefficient (Wildman–Crippen LogP) is 3.00. The van der Waals surface area contributed by atoms with Gasteiger partial charge in [0, 0.05) is 24.7 Å². The average Bonchev–Trinajstić information content (AvgIpc) is 2.93. The molecule has 1 aliphatic rings. The second-order valence-electron chi connectivity index (χ2n) is 6.00. The lowest BCUT2D eigenvalue weighted by Gasteiger charge is -2.22. The van der Waals surface area contributed by atoms with Crippen LogP contribution in [0.25, 0.3) is 0 Å². The molecule has 0 spiro atoms. The summed E-state index contributed by atoms with van der Waals surface area (Å²) in [7, 11) is -3.80. The average molecular weight is 430 g/mol. The maximum Gasteiger partial charge on any atom is 0.261 e. The minimum atomic E-state index is -3.80. The van der Waals surface area contributed by atoms with Crippen molar-refractivity contribution < 1.29 is 13.2 Å².